The number of fused-ring (bicyclic) bond motifs is 3. The van der Waals surface area contributed by atoms with Crippen molar-refractivity contribution < 1.29 is 28.5 Å². The van der Waals surface area contributed by atoms with Crippen LogP contribution in [0.15, 0.2) is 30.3 Å². The minimum Gasteiger partial charge on any atom is -0.493 e. The Labute approximate surface area is 152 Å². The van der Waals surface area contributed by atoms with Crippen LogP contribution in [0.1, 0.15) is 25.0 Å². The summed E-state index contributed by atoms with van der Waals surface area (Å²) in [5.74, 6) is 1.92. The van der Waals surface area contributed by atoms with Gasteiger partial charge < -0.3 is 23.7 Å². The van der Waals surface area contributed by atoms with E-state index in [2.05, 4.69) is 0 Å². The Morgan fingerprint density at radius 3 is 2.46 bits per heavy atom. The highest BCUT2D eigenvalue weighted by atomic mass is 16.5. The van der Waals surface area contributed by atoms with Crippen molar-refractivity contribution in [2.24, 2.45) is 0 Å². The van der Waals surface area contributed by atoms with Crippen LogP contribution in [0.3, 0.4) is 0 Å². The SMILES string of the molecule is CCOC(=O)CC1Oc2ccccc2-c2c1cc(OC)c(OC)c2OC. The fraction of sp³-hybridized carbons (Fsp3) is 0.350. The van der Waals surface area contributed by atoms with Crippen LogP contribution >= 0.6 is 0 Å². The first kappa shape index (κ1) is 17.9. The largest absolute Gasteiger partial charge is 0.493 e. The van der Waals surface area contributed by atoms with Gasteiger partial charge in [-0.2, -0.15) is 0 Å². The minimum absolute atomic E-state index is 0.0911. The molecule has 0 aliphatic carbocycles. The van der Waals surface area contributed by atoms with Gasteiger partial charge in [0, 0.05) is 16.7 Å². The maximum absolute atomic E-state index is 12.1. The third-order valence-electron chi connectivity index (χ3n) is 4.29. The molecule has 0 N–H and O–H groups in total. The minimum atomic E-state index is -0.507. The van der Waals surface area contributed by atoms with E-state index in [4.69, 9.17) is 23.7 Å². The summed E-state index contributed by atoms with van der Waals surface area (Å²) in [4.78, 5) is 12.1. The van der Waals surface area contributed by atoms with Crippen molar-refractivity contribution in [3.63, 3.8) is 0 Å². The summed E-state index contributed by atoms with van der Waals surface area (Å²) in [5, 5.41) is 0. The van der Waals surface area contributed by atoms with Crippen LogP contribution in [0.4, 0.5) is 0 Å². The van der Waals surface area contributed by atoms with E-state index in [9.17, 15) is 4.79 Å². The molecule has 138 valence electrons. The molecule has 1 atom stereocenters. The van der Waals surface area contributed by atoms with Gasteiger partial charge in [0.05, 0.1) is 34.4 Å². The molecule has 6 heteroatoms. The standard InChI is InChI=1S/C20H22O6/c1-5-25-17(21)11-15-13-10-16(22-2)19(23-3)20(24-4)18(13)12-8-6-7-9-14(12)26-15/h6-10,15H,5,11H2,1-4H3. The number of rotatable bonds is 6. The number of hydrogen-bond acceptors (Lipinski definition) is 6. The Hall–Kier alpha value is -2.89. The zero-order chi connectivity index (χ0) is 18.7. The van der Waals surface area contributed by atoms with Crippen molar-refractivity contribution in [3.05, 3.63) is 35.9 Å². The molecule has 0 aromatic heterocycles. The van der Waals surface area contributed by atoms with Gasteiger partial charge >= 0.3 is 5.97 Å². The second-order valence-electron chi connectivity index (χ2n) is 5.72. The lowest BCUT2D eigenvalue weighted by atomic mass is 9.90. The predicted octanol–water partition coefficient (Wildman–Crippen LogP) is 3.77. The van der Waals surface area contributed by atoms with Crippen LogP contribution in [0.25, 0.3) is 11.1 Å². The fourth-order valence-corrected chi connectivity index (χ4v) is 3.22. The van der Waals surface area contributed by atoms with Gasteiger partial charge in [-0.25, -0.2) is 0 Å². The molecular weight excluding hydrogens is 336 g/mol. The highest BCUT2D eigenvalue weighted by Gasteiger charge is 2.34. The van der Waals surface area contributed by atoms with Crippen LogP contribution in [0.2, 0.25) is 0 Å². The van der Waals surface area contributed by atoms with E-state index in [1.165, 1.54) is 0 Å². The van der Waals surface area contributed by atoms with Crippen molar-refractivity contribution in [1.29, 1.82) is 0 Å². The number of benzene rings is 2. The quantitative estimate of drug-likeness (QED) is 0.733. The number of ether oxygens (including phenoxy) is 5. The molecule has 0 amide bonds. The average molecular weight is 358 g/mol. The van der Waals surface area contributed by atoms with Crippen LogP contribution in [-0.2, 0) is 9.53 Å². The molecule has 1 heterocycles. The van der Waals surface area contributed by atoms with E-state index in [1.54, 1.807) is 28.3 Å². The maximum atomic E-state index is 12.1. The molecule has 1 unspecified atom stereocenters. The second kappa shape index (κ2) is 7.56. The summed E-state index contributed by atoms with van der Waals surface area (Å²) in [5.41, 5.74) is 2.51. The molecule has 0 fully saturated rings. The van der Waals surface area contributed by atoms with Gasteiger partial charge in [0.25, 0.3) is 0 Å². The van der Waals surface area contributed by atoms with E-state index in [1.807, 2.05) is 30.3 Å². The first-order valence-corrected chi connectivity index (χ1v) is 8.39. The Morgan fingerprint density at radius 1 is 1.08 bits per heavy atom. The molecule has 3 rings (SSSR count). The van der Waals surface area contributed by atoms with E-state index in [-0.39, 0.29) is 12.4 Å². The lowest BCUT2D eigenvalue weighted by Gasteiger charge is -2.30. The number of para-hydroxylation sites is 1. The fourth-order valence-electron chi connectivity index (χ4n) is 3.22. The van der Waals surface area contributed by atoms with E-state index < -0.39 is 6.10 Å². The van der Waals surface area contributed by atoms with Gasteiger partial charge in [0.1, 0.15) is 11.9 Å². The third kappa shape index (κ3) is 3.03. The van der Waals surface area contributed by atoms with E-state index >= 15 is 0 Å². The lowest BCUT2D eigenvalue weighted by molar-refractivity contribution is -0.145. The number of methoxy groups -OCH3 is 3. The summed E-state index contributed by atoms with van der Waals surface area (Å²) < 4.78 is 27.8. The van der Waals surface area contributed by atoms with Crippen molar-refractivity contribution in [1.82, 2.24) is 0 Å². The molecule has 1 aliphatic rings. The molecule has 2 aromatic rings. The van der Waals surface area contributed by atoms with Crippen LogP contribution in [-0.4, -0.2) is 33.9 Å². The normalized spacial score (nSPS) is 14.5. The van der Waals surface area contributed by atoms with E-state index in [0.717, 1.165) is 16.7 Å². The monoisotopic (exact) mass is 358 g/mol. The molecule has 0 spiro atoms. The molecule has 26 heavy (non-hydrogen) atoms. The van der Waals surface area contributed by atoms with Gasteiger partial charge in [0.15, 0.2) is 11.5 Å². The smallest absolute Gasteiger partial charge is 0.309 e. The third-order valence-corrected chi connectivity index (χ3v) is 4.29. The van der Waals surface area contributed by atoms with Gasteiger partial charge in [-0.3, -0.25) is 4.79 Å². The molecule has 0 saturated heterocycles. The zero-order valence-electron chi connectivity index (χ0n) is 15.3. The van der Waals surface area contributed by atoms with Crippen molar-refractivity contribution in [3.8, 4) is 34.1 Å². The Bertz CT molecular complexity index is 814. The molecule has 0 saturated carbocycles. The van der Waals surface area contributed by atoms with Gasteiger partial charge in [-0.1, -0.05) is 18.2 Å². The zero-order valence-corrected chi connectivity index (χ0v) is 15.3. The predicted molar refractivity (Wildman–Crippen MR) is 96.2 cm³/mol. The number of hydrogen-bond donors (Lipinski definition) is 0. The number of carbonyl (C=O) groups excluding carboxylic acids is 1. The molecule has 0 radical (unpaired) electrons. The van der Waals surface area contributed by atoms with Crippen molar-refractivity contribution in [2.45, 2.75) is 19.4 Å². The van der Waals surface area contributed by atoms with Gasteiger partial charge in [0.2, 0.25) is 5.75 Å². The average Bonchev–Trinajstić information content (AvgIpc) is 2.66. The molecule has 2 aromatic carbocycles. The summed E-state index contributed by atoms with van der Waals surface area (Å²) in [7, 11) is 4.70. The summed E-state index contributed by atoms with van der Waals surface area (Å²) in [6, 6.07) is 9.46. The molecule has 0 bridgehead atoms. The first-order valence-electron chi connectivity index (χ1n) is 8.39. The summed E-state index contributed by atoms with van der Waals surface area (Å²) in [6.07, 6.45) is -0.416. The van der Waals surface area contributed by atoms with Crippen LogP contribution in [0, 0.1) is 0 Å². The highest BCUT2D eigenvalue weighted by molar-refractivity contribution is 5.85. The first-order chi connectivity index (χ1) is 12.6. The van der Waals surface area contributed by atoms with Gasteiger partial charge in [-0.15, -0.1) is 0 Å². The van der Waals surface area contributed by atoms with Gasteiger partial charge in [-0.05, 0) is 19.1 Å². The highest BCUT2D eigenvalue weighted by Crippen LogP contribution is 2.54. The topological polar surface area (TPSA) is 63.2 Å². The second-order valence-corrected chi connectivity index (χ2v) is 5.72. The maximum Gasteiger partial charge on any atom is 0.309 e. The number of carbonyl (C=O) groups is 1. The Balaban J connectivity index is 2.21. The van der Waals surface area contributed by atoms with Crippen LogP contribution in [0.5, 0.6) is 23.0 Å². The summed E-state index contributed by atoms with van der Waals surface area (Å²) in [6.45, 7) is 2.10. The Kier molecular flexibility index (Phi) is 5.21. The molecule has 1 aliphatic heterocycles. The lowest BCUT2D eigenvalue weighted by Crippen LogP contribution is -2.20. The van der Waals surface area contributed by atoms with Crippen molar-refractivity contribution >= 4 is 5.97 Å². The number of esters is 1. The molecule has 6 nitrogen and oxygen atoms in total. The summed E-state index contributed by atoms with van der Waals surface area (Å²) >= 11 is 0. The molecular formula is C20H22O6. The van der Waals surface area contributed by atoms with Crippen molar-refractivity contribution in [2.75, 3.05) is 27.9 Å². The van der Waals surface area contributed by atoms with Crippen LogP contribution < -0.4 is 18.9 Å². The van der Waals surface area contributed by atoms with E-state index in [0.29, 0.717) is 29.6 Å². The Morgan fingerprint density at radius 2 is 1.81 bits per heavy atom.